The largest absolute Gasteiger partial charge is 0.465 e. The van der Waals surface area contributed by atoms with E-state index in [1.807, 2.05) is 0 Å². The van der Waals surface area contributed by atoms with Gasteiger partial charge in [0.25, 0.3) is 0 Å². The Hall–Kier alpha value is -0.993. The molecule has 0 radical (unpaired) electrons. The van der Waals surface area contributed by atoms with Gasteiger partial charge in [-0.15, -0.1) is 11.5 Å². The molecule has 0 aromatic heterocycles. The fourth-order valence-electron chi connectivity index (χ4n) is 0.888. The minimum Gasteiger partial charge on any atom is -0.465 e. The molecule has 0 fully saturated rings. The van der Waals surface area contributed by atoms with Crippen molar-refractivity contribution in [2.24, 2.45) is 0 Å². The molecule has 0 rings (SSSR count). The lowest BCUT2D eigenvalue weighted by molar-refractivity contribution is 0.130. The summed E-state index contributed by atoms with van der Waals surface area (Å²) in [6.07, 6.45) is -1.56. The molecule has 5 heteroatoms. The number of rotatable bonds is 3. The van der Waals surface area contributed by atoms with Crippen molar-refractivity contribution >= 4 is 14.2 Å². The summed E-state index contributed by atoms with van der Waals surface area (Å²) in [5.74, 6) is 2.91. The number of amides is 1. The summed E-state index contributed by atoms with van der Waals surface area (Å²) in [6.45, 7) is 7.97. The first kappa shape index (κ1) is 14.0. The average molecular weight is 229 g/mol. The van der Waals surface area contributed by atoms with Gasteiger partial charge >= 0.3 is 6.09 Å². The van der Waals surface area contributed by atoms with E-state index < -0.39 is 26.3 Å². The van der Waals surface area contributed by atoms with E-state index in [4.69, 9.17) is 5.11 Å². The molecular formula is C10H19NO3Si. The van der Waals surface area contributed by atoms with Crippen molar-refractivity contribution in [2.45, 2.75) is 45.1 Å². The maximum atomic E-state index is 10.3. The monoisotopic (exact) mass is 229 g/mol. The van der Waals surface area contributed by atoms with Crippen LogP contribution in [0.5, 0.6) is 0 Å². The van der Waals surface area contributed by atoms with Crippen molar-refractivity contribution in [3.63, 3.8) is 0 Å². The Morgan fingerprint density at radius 3 is 2.40 bits per heavy atom. The summed E-state index contributed by atoms with van der Waals surface area (Å²) in [7, 11) is -1.40. The third kappa shape index (κ3) is 8.03. The fourth-order valence-corrected chi connectivity index (χ4v) is 1.52. The summed E-state index contributed by atoms with van der Waals surface area (Å²) in [6, 6.07) is -0.488. The topological polar surface area (TPSA) is 69.6 Å². The number of hydrogen-bond acceptors (Lipinski definition) is 2. The van der Waals surface area contributed by atoms with Gasteiger partial charge in [-0.05, 0) is 6.92 Å². The molecule has 0 bridgehead atoms. The number of aliphatic hydroxyl groups excluding tert-OH is 1. The molecule has 0 aliphatic rings. The Morgan fingerprint density at radius 2 is 2.00 bits per heavy atom. The predicted molar refractivity (Wildman–Crippen MR) is 62.4 cm³/mol. The molecule has 0 saturated carbocycles. The molecule has 0 heterocycles. The molecule has 4 nitrogen and oxygen atoms in total. The van der Waals surface area contributed by atoms with Crippen LogP contribution >= 0.6 is 0 Å². The Bertz CT molecular complexity index is 275. The minimum atomic E-state index is -1.40. The fraction of sp³-hybridized carbons (Fsp3) is 0.700. The number of nitrogens with one attached hydrogen (secondary N) is 1. The Morgan fingerprint density at radius 1 is 1.47 bits per heavy atom. The first-order valence-corrected chi connectivity index (χ1v) is 8.40. The Balaban J connectivity index is 4.07. The Kier molecular flexibility index (Phi) is 5.40. The lowest BCUT2D eigenvalue weighted by atomic mass is 10.1. The van der Waals surface area contributed by atoms with E-state index in [9.17, 15) is 9.90 Å². The molecule has 2 atom stereocenters. The third-order valence-electron chi connectivity index (χ3n) is 1.70. The second kappa shape index (κ2) is 5.78. The molecule has 0 aromatic carbocycles. The van der Waals surface area contributed by atoms with Crippen molar-refractivity contribution in [3.05, 3.63) is 0 Å². The van der Waals surface area contributed by atoms with Crippen LogP contribution < -0.4 is 5.32 Å². The normalized spacial score (nSPS) is 14.7. The predicted octanol–water partition coefficient (Wildman–Crippen LogP) is 1.27. The number of hydrogen-bond donors (Lipinski definition) is 3. The van der Waals surface area contributed by atoms with Crippen LogP contribution in [0.4, 0.5) is 4.79 Å². The summed E-state index contributed by atoms with van der Waals surface area (Å²) in [4.78, 5) is 10.3. The lowest BCUT2D eigenvalue weighted by Crippen LogP contribution is -2.40. The van der Waals surface area contributed by atoms with E-state index in [1.54, 1.807) is 6.92 Å². The van der Waals surface area contributed by atoms with Gasteiger partial charge in [0.2, 0.25) is 0 Å². The molecular weight excluding hydrogens is 210 g/mol. The van der Waals surface area contributed by atoms with Crippen molar-refractivity contribution in [3.8, 4) is 11.5 Å². The van der Waals surface area contributed by atoms with Gasteiger partial charge in [0.05, 0.1) is 12.1 Å². The molecule has 1 amide bonds. The molecule has 0 aliphatic heterocycles. The zero-order valence-electron chi connectivity index (χ0n) is 9.66. The van der Waals surface area contributed by atoms with Crippen LogP contribution in [0.1, 0.15) is 13.3 Å². The molecule has 15 heavy (non-hydrogen) atoms. The van der Waals surface area contributed by atoms with Gasteiger partial charge < -0.3 is 15.5 Å². The van der Waals surface area contributed by atoms with Gasteiger partial charge in [0, 0.05) is 6.42 Å². The summed E-state index contributed by atoms with van der Waals surface area (Å²) < 4.78 is 0. The quantitative estimate of drug-likeness (QED) is 0.504. The number of aliphatic hydroxyl groups is 1. The van der Waals surface area contributed by atoms with E-state index >= 15 is 0 Å². The van der Waals surface area contributed by atoms with Gasteiger partial charge in [0.1, 0.15) is 8.07 Å². The molecule has 0 unspecified atom stereocenters. The molecule has 86 valence electrons. The Labute approximate surface area is 91.7 Å². The van der Waals surface area contributed by atoms with Crippen molar-refractivity contribution in [1.29, 1.82) is 0 Å². The zero-order chi connectivity index (χ0) is 12.1. The van der Waals surface area contributed by atoms with E-state index in [1.165, 1.54) is 0 Å². The van der Waals surface area contributed by atoms with Crippen molar-refractivity contribution < 1.29 is 15.0 Å². The highest BCUT2D eigenvalue weighted by molar-refractivity contribution is 6.83. The van der Waals surface area contributed by atoms with Crippen LogP contribution in [-0.2, 0) is 0 Å². The molecule has 3 N–H and O–H groups in total. The van der Waals surface area contributed by atoms with Gasteiger partial charge in [0.15, 0.2) is 0 Å². The van der Waals surface area contributed by atoms with E-state index in [0.717, 1.165) is 0 Å². The SMILES string of the molecule is C[C@H](NC(=O)O)[C@@H](O)CC#C[Si](C)(C)C. The summed E-state index contributed by atoms with van der Waals surface area (Å²) >= 11 is 0. The summed E-state index contributed by atoms with van der Waals surface area (Å²) in [5, 5.41) is 20.2. The third-order valence-corrected chi connectivity index (χ3v) is 2.63. The highest BCUT2D eigenvalue weighted by Gasteiger charge is 2.15. The number of carboxylic acid groups (broad SMARTS) is 1. The summed E-state index contributed by atoms with van der Waals surface area (Å²) in [5.41, 5.74) is 3.11. The van der Waals surface area contributed by atoms with Gasteiger partial charge in [-0.3, -0.25) is 0 Å². The maximum absolute atomic E-state index is 10.3. The van der Waals surface area contributed by atoms with E-state index in [2.05, 4.69) is 36.4 Å². The minimum absolute atomic E-state index is 0.311. The lowest BCUT2D eigenvalue weighted by Gasteiger charge is -2.16. The zero-order valence-corrected chi connectivity index (χ0v) is 10.7. The molecule has 0 aliphatic carbocycles. The first-order chi connectivity index (χ1) is 6.72. The second-order valence-electron chi connectivity index (χ2n) is 4.56. The molecule has 0 aromatic rings. The smallest absolute Gasteiger partial charge is 0.404 e. The maximum Gasteiger partial charge on any atom is 0.404 e. The van der Waals surface area contributed by atoms with Crippen LogP contribution in [0, 0.1) is 11.5 Å². The van der Waals surface area contributed by atoms with Crippen LogP contribution in [0.15, 0.2) is 0 Å². The van der Waals surface area contributed by atoms with Crippen LogP contribution in [0.25, 0.3) is 0 Å². The van der Waals surface area contributed by atoms with Crippen molar-refractivity contribution in [2.75, 3.05) is 0 Å². The van der Waals surface area contributed by atoms with E-state index in [-0.39, 0.29) is 0 Å². The first-order valence-electron chi connectivity index (χ1n) is 4.90. The number of carbonyl (C=O) groups is 1. The van der Waals surface area contributed by atoms with Crippen LogP contribution in [0.3, 0.4) is 0 Å². The van der Waals surface area contributed by atoms with Gasteiger partial charge in [-0.2, -0.15) is 0 Å². The highest BCUT2D eigenvalue weighted by atomic mass is 28.3. The van der Waals surface area contributed by atoms with Gasteiger partial charge in [-0.1, -0.05) is 19.6 Å². The van der Waals surface area contributed by atoms with Crippen LogP contribution in [-0.4, -0.2) is 36.5 Å². The standard InChI is InChI=1S/C10H19NO3Si/c1-8(11-10(13)14)9(12)6-5-7-15(2,3)4/h8-9,11-12H,6H2,1-4H3,(H,13,14)/t8-,9-/m0/s1. The molecule has 0 spiro atoms. The van der Waals surface area contributed by atoms with Crippen molar-refractivity contribution in [1.82, 2.24) is 5.32 Å². The molecule has 0 saturated heterocycles. The second-order valence-corrected chi connectivity index (χ2v) is 9.31. The highest BCUT2D eigenvalue weighted by Crippen LogP contribution is 2.00. The van der Waals surface area contributed by atoms with Crippen LogP contribution in [0.2, 0.25) is 19.6 Å². The van der Waals surface area contributed by atoms with Gasteiger partial charge in [-0.25, -0.2) is 4.79 Å². The average Bonchev–Trinajstić information content (AvgIpc) is 2.00. The van der Waals surface area contributed by atoms with E-state index in [0.29, 0.717) is 6.42 Å².